The molecule has 37 heavy (non-hydrogen) atoms. The van der Waals surface area contributed by atoms with Gasteiger partial charge < -0.3 is 24.8 Å². The van der Waals surface area contributed by atoms with Crippen molar-refractivity contribution in [2.24, 2.45) is 5.41 Å². The van der Waals surface area contributed by atoms with Crippen molar-refractivity contribution in [1.29, 1.82) is 0 Å². The van der Waals surface area contributed by atoms with E-state index in [0.717, 1.165) is 18.7 Å². The zero-order valence-electron chi connectivity index (χ0n) is 22.0. The molecule has 0 radical (unpaired) electrons. The first-order valence-corrected chi connectivity index (χ1v) is 13.0. The van der Waals surface area contributed by atoms with Crippen molar-refractivity contribution >= 4 is 35.0 Å². The summed E-state index contributed by atoms with van der Waals surface area (Å²) in [5.41, 5.74) is 1.18. The molecule has 1 saturated carbocycles. The molecular weight excluding hydrogens is 475 g/mol. The van der Waals surface area contributed by atoms with Crippen LogP contribution in [-0.2, 0) is 4.79 Å². The summed E-state index contributed by atoms with van der Waals surface area (Å²) in [5.74, 6) is 1.40. The minimum atomic E-state index is -0.971. The second-order valence-corrected chi connectivity index (χ2v) is 10.9. The van der Waals surface area contributed by atoms with Gasteiger partial charge in [0, 0.05) is 31.7 Å². The molecule has 1 aromatic heterocycles. The van der Waals surface area contributed by atoms with Gasteiger partial charge in [-0.05, 0) is 51.3 Å². The van der Waals surface area contributed by atoms with Gasteiger partial charge in [0.15, 0.2) is 5.82 Å². The van der Waals surface area contributed by atoms with Gasteiger partial charge in [0.05, 0.1) is 31.0 Å². The molecule has 3 aliphatic rings. The molecule has 2 fully saturated rings. The number of anilines is 4. The SMILES string of the molecule is COc1cc(C(=O)N2CCC(F)C2)ccc1Nc1ncc2c(n1)N(C1CCCC1)CC(C)(C)C(=O)N2C. The molecule has 0 bridgehead atoms. The Morgan fingerprint density at radius 2 is 1.97 bits per heavy atom. The van der Waals surface area contributed by atoms with E-state index >= 15 is 0 Å². The summed E-state index contributed by atoms with van der Waals surface area (Å²) in [6.07, 6.45) is 5.57. The third kappa shape index (κ3) is 4.81. The van der Waals surface area contributed by atoms with Gasteiger partial charge in [-0.15, -0.1) is 0 Å². The zero-order chi connectivity index (χ0) is 26.3. The molecule has 3 heterocycles. The van der Waals surface area contributed by atoms with Crippen LogP contribution in [0.25, 0.3) is 0 Å². The van der Waals surface area contributed by atoms with Crippen LogP contribution in [0.4, 0.5) is 27.5 Å². The summed E-state index contributed by atoms with van der Waals surface area (Å²) in [4.78, 5) is 40.9. The first-order chi connectivity index (χ1) is 17.7. The topological polar surface area (TPSA) is 90.9 Å². The quantitative estimate of drug-likeness (QED) is 0.646. The second kappa shape index (κ2) is 9.79. The molecule has 1 aromatic carbocycles. The summed E-state index contributed by atoms with van der Waals surface area (Å²) < 4.78 is 19.2. The number of nitrogens with zero attached hydrogens (tertiary/aromatic N) is 5. The molecule has 1 saturated heterocycles. The highest BCUT2D eigenvalue weighted by Crippen LogP contribution is 2.40. The number of benzene rings is 1. The van der Waals surface area contributed by atoms with Crippen LogP contribution in [-0.4, -0.2) is 72.7 Å². The number of rotatable bonds is 5. The van der Waals surface area contributed by atoms with Crippen molar-refractivity contribution in [3.63, 3.8) is 0 Å². The fourth-order valence-corrected chi connectivity index (χ4v) is 5.66. The van der Waals surface area contributed by atoms with Crippen molar-refractivity contribution in [2.75, 3.05) is 48.9 Å². The molecule has 198 valence electrons. The number of halogens is 1. The average molecular weight is 511 g/mol. The summed E-state index contributed by atoms with van der Waals surface area (Å²) in [6.45, 7) is 5.08. The van der Waals surface area contributed by atoms with E-state index in [9.17, 15) is 14.0 Å². The van der Waals surface area contributed by atoms with Crippen LogP contribution in [0.5, 0.6) is 5.75 Å². The number of amides is 2. The van der Waals surface area contributed by atoms with Gasteiger partial charge in [-0.1, -0.05) is 12.8 Å². The Balaban J connectivity index is 1.45. The van der Waals surface area contributed by atoms with E-state index in [1.165, 1.54) is 24.9 Å². The van der Waals surface area contributed by atoms with E-state index in [4.69, 9.17) is 9.72 Å². The number of hydrogen-bond acceptors (Lipinski definition) is 7. The van der Waals surface area contributed by atoms with Gasteiger partial charge >= 0.3 is 0 Å². The van der Waals surface area contributed by atoms with Crippen LogP contribution < -0.4 is 19.9 Å². The molecule has 2 aliphatic heterocycles. The Bertz CT molecular complexity index is 1200. The molecule has 10 heteroatoms. The summed E-state index contributed by atoms with van der Waals surface area (Å²) in [6, 6.07) is 5.42. The molecule has 1 atom stereocenters. The minimum absolute atomic E-state index is 0.0394. The number of fused-ring (bicyclic) bond motifs is 1. The van der Waals surface area contributed by atoms with E-state index in [1.54, 1.807) is 36.3 Å². The number of alkyl halides is 1. The van der Waals surface area contributed by atoms with Crippen LogP contribution in [0.3, 0.4) is 0 Å². The Morgan fingerprint density at radius 3 is 2.65 bits per heavy atom. The average Bonchev–Trinajstić information content (AvgIpc) is 3.57. The van der Waals surface area contributed by atoms with E-state index in [0.29, 0.717) is 54.2 Å². The number of nitrogens with one attached hydrogen (secondary N) is 1. The lowest BCUT2D eigenvalue weighted by atomic mass is 9.91. The Kier molecular flexibility index (Phi) is 6.68. The predicted molar refractivity (Wildman–Crippen MR) is 141 cm³/mol. The van der Waals surface area contributed by atoms with Gasteiger partial charge in [0.1, 0.15) is 17.6 Å². The van der Waals surface area contributed by atoms with Gasteiger partial charge in [0.2, 0.25) is 11.9 Å². The monoisotopic (exact) mass is 510 g/mol. The van der Waals surface area contributed by atoms with Crippen molar-refractivity contribution in [3.8, 4) is 5.75 Å². The van der Waals surface area contributed by atoms with Crippen LogP contribution in [0, 0.1) is 5.41 Å². The van der Waals surface area contributed by atoms with Crippen LogP contribution in [0.2, 0.25) is 0 Å². The largest absolute Gasteiger partial charge is 0.495 e. The van der Waals surface area contributed by atoms with Crippen molar-refractivity contribution in [1.82, 2.24) is 14.9 Å². The minimum Gasteiger partial charge on any atom is -0.495 e. The Morgan fingerprint density at radius 1 is 1.22 bits per heavy atom. The fourth-order valence-electron chi connectivity index (χ4n) is 5.66. The molecule has 2 aromatic rings. The molecular formula is C27H35FN6O3. The van der Waals surface area contributed by atoms with E-state index in [1.807, 2.05) is 13.8 Å². The van der Waals surface area contributed by atoms with Crippen LogP contribution in [0.1, 0.15) is 56.3 Å². The first-order valence-electron chi connectivity index (χ1n) is 13.0. The van der Waals surface area contributed by atoms with Gasteiger partial charge in [-0.2, -0.15) is 4.98 Å². The third-order valence-electron chi connectivity index (χ3n) is 7.71. The van der Waals surface area contributed by atoms with E-state index in [2.05, 4.69) is 15.2 Å². The van der Waals surface area contributed by atoms with Crippen molar-refractivity contribution in [3.05, 3.63) is 30.0 Å². The van der Waals surface area contributed by atoms with Gasteiger partial charge in [0.25, 0.3) is 5.91 Å². The highest BCUT2D eigenvalue weighted by Gasteiger charge is 2.41. The molecule has 1 aliphatic carbocycles. The van der Waals surface area contributed by atoms with Crippen molar-refractivity contribution < 1.29 is 18.7 Å². The Hall–Kier alpha value is -3.43. The van der Waals surface area contributed by atoms with Crippen LogP contribution in [0.15, 0.2) is 24.4 Å². The van der Waals surface area contributed by atoms with Gasteiger partial charge in [-0.25, -0.2) is 9.37 Å². The number of carbonyl (C=O) groups is 2. The van der Waals surface area contributed by atoms with E-state index < -0.39 is 11.6 Å². The number of ether oxygens (including phenoxy) is 1. The number of hydrogen-bond donors (Lipinski definition) is 1. The van der Waals surface area contributed by atoms with Crippen molar-refractivity contribution in [2.45, 2.75) is 58.2 Å². The highest BCUT2D eigenvalue weighted by atomic mass is 19.1. The van der Waals surface area contributed by atoms with Crippen LogP contribution >= 0.6 is 0 Å². The normalized spacial score (nSPS) is 21.7. The smallest absolute Gasteiger partial charge is 0.254 e. The molecule has 9 nitrogen and oxygen atoms in total. The maximum absolute atomic E-state index is 13.6. The molecule has 2 amide bonds. The fraction of sp³-hybridized carbons (Fsp3) is 0.556. The lowest BCUT2D eigenvalue weighted by Crippen LogP contribution is -2.45. The summed E-state index contributed by atoms with van der Waals surface area (Å²) >= 11 is 0. The number of aromatic nitrogens is 2. The maximum Gasteiger partial charge on any atom is 0.254 e. The number of likely N-dealkylation sites (tertiary alicyclic amines) is 1. The lowest BCUT2D eigenvalue weighted by Gasteiger charge is -2.34. The number of methoxy groups -OCH3 is 1. The lowest BCUT2D eigenvalue weighted by molar-refractivity contribution is -0.125. The standard InChI is InChI=1S/C27H35FN6O3/c1-27(2)16-34(19-7-5-6-8-19)23-21(32(3)25(27)36)14-29-26(31-23)30-20-10-9-17(13-22(20)37-4)24(35)33-12-11-18(28)15-33/h9-10,13-14,18-19H,5-8,11-12,15-16H2,1-4H3,(H,29,30,31). The molecule has 1 unspecified atom stereocenters. The predicted octanol–water partition coefficient (Wildman–Crippen LogP) is 4.16. The molecule has 5 rings (SSSR count). The summed E-state index contributed by atoms with van der Waals surface area (Å²) in [5, 5.41) is 3.23. The Labute approximate surface area is 217 Å². The zero-order valence-corrected chi connectivity index (χ0v) is 22.0. The van der Waals surface area contributed by atoms with Gasteiger partial charge in [-0.3, -0.25) is 9.59 Å². The molecule has 0 spiro atoms. The highest BCUT2D eigenvalue weighted by molar-refractivity contribution is 6.01. The first kappa shape index (κ1) is 25.2. The molecule has 1 N–H and O–H groups in total. The third-order valence-corrected chi connectivity index (χ3v) is 7.71. The summed E-state index contributed by atoms with van der Waals surface area (Å²) in [7, 11) is 3.31. The number of carbonyl (C=O) groups excluding carboxylic acids is 2. The maximum atomic E-state index is 13.6. The van der Waals surface area contributed by atoms with E-state index in [-0.39, 0.29) is 18.4 Å². The second-order valence-electron chi connectivity index (χ2n) is 10.9.